The van der Waals surface area contributed by atoms with Gasteiger partial charge in [0.05, 0.1) is 5.52 Å². The van der Waals surface area contributed by atoms with Gasteiger partial charge >= 0.3 is 0 Å². The van der Waals surface area contributed by atoms with Crippen molar-refractivity contribution in [3.63, 3.8) is 0 Å². The van der Waals surface area contributed by atoms with Gasteiger partial charge in [0.2, 0.25) is 0 Å². The maximum atomic E-state index is 3.83. The molecule has 0 amide bonds. The van der Waals surface area contributed by atoms with Gasteiger partial charge in [0.25, 0.3) is 0 Å². The zero-order chi connectivity index (χ0) is 18.9. The van der Waals surface area contributed by atoms with Crippen LogP contribution in [-0.4, -0.2) is 9.97 Å². The zero-order valence-electron chi connectivity index (χ0n) is 15.4. The van der Waals surface area contributed by atoms with Crippen LogP contribution in [-0.2, 0) is 0 Å². The molecule has 0 radical (unpaired) electrons. The molecular weight excluding hydrogens is 340 g/mol. The first-order valence-electron chi connectivity index (χ1n) is 9.42. The van der Waals surface area contributed by atoms with Gasteiger partial charge in [-0.3, -0.25) is 0 Å². The Kier molecular flexibility index (Phi) is 3.95. The van der Waals surface area contributed by atoms with Crippen molar-refractivity contribution >= 4 is 49.7 Å². The highest BCUT2D eigenvalue weighted by Gasteiger charge is 2.04. The van der Waals surface area contributed by atoms with Crippen molar-refractivity contribution in [2.24, 2.45) is 0 Å². The smallest absolute Gasteiger partial charge is 0.0538 e. The number of aromatic amines is 2. The van der Waals surface area contributed by atoms with E-state index in [2.05, 4.69) is 101 Å². The average Bonchev–Trinajstić information content (AvgIpc) is 3.32. The van der Waals surface area contributed by atoms with Crippen LogP contribution in [0.4, 0.5) is 0 Å². The van der Waals surface area contributed by atoms with Crippen molar-refractivity contribution in [2.75, 3.05) is 0 Å². The molecule has 0 unspecified atom stereocenters. The van der Waals surface area contributed by atoms with Gasteiger partial charge in [0.15, 0.2) is 0 Å². The van der Waals surface area contributed by atoms with Crippen LogP contribution in [0, 0.1) is 0 Å². The molecule has 28 heavy (non-hydrogen) atoms. The monoisotopic (exact) mass is 360 g/mol. The van der Waals surface area contributed by atoms with E-state index in [1.807, 2.05) is 12.1 Å². The second-order valence-electron chi connectivity index (χ2n) is 6.86. The van der Waals surface area contributed by atoms with Gasteiger partial charge in [-0.1, -0.05) is 85.5 Å². The normalized spacial score (nSPS) is 11.0. The molecule has 0 atom stereocenters. The molecule has 2 heterocycles. The van der Waals surface area contributed by atoms with Gasteiger partial charge in [0, 0.05) is 38.1 Å². The Bertz CT molecular complexity index is 1380. The molecule has 0 saturated heterocycles. The number of nitrogens with one attached hydrogen (secondary N) is 2. The lowest BCUT2D eigenvalue weighted by Gasteiger charge is -1.94. The molecule has 2 heteroatoms. The molecule has 0 aliphatic rings. The maximum Gasteiger partial charge on any atom is 0.0538 e. The van der Waals surface area contributed by atoms with E-state index in [9.17, 15) is 0 Å². The minimum atomic E-state index is 1.16. The Morgan fingerprint density at radius 1 is 0.500 bits per heavy atom. The molecule has 6 aromatic rings. The van der Waals surface area contributed by atoms with Gasteiger partial charge in [-0.2, -0.15) is 0 Å². The SMILES string of the molecule is C=Cc1cccc2c1[nH]c1ccccc12.c1ccc2c(c1)[nH]c1ccccc12. The van der Waals surface area contributed by atoms with Crippen LogP contribution in [0.5, 0.6) is 0 Å². The molecule has 0 fully saturated rings. The first kappa shape index (κ1) is 16.4. The van der Waals surface area contributed by atoms with E-state index in [0.29, 0.717) is 0 Å². The van der Waals surface area contributed by atoms with E-state index in [4.69, 9.17) is 0 Å². The van der Waals surface area contributed by atoms with Crippen LogP contribution in [0.1, 0.15) is 5.56 Å². The van der Waals surface area contributed by atoms with Gasteiger partial charge in [-0.15, -0.1) is 0 Å². The largest absolute Gasteiger partial charge is 0.355 e. The first-order valence-corrected chi connectivity index (χ1v) is 9.42. The van der Waals surface area contributed by atoms with E-state index in [1.165, 1.54) is 43.6 Å². The molecular formula is C26H20N2. The number of H-pyrrole nitrogens is 2. The fourth-order valence-corrected chi connectivity index (χ4v) is 3.86. The Balaban J connectivity index is 0.000000123. The lowest BCUT2D eigenvalue weighted by Crippen LogP contribution is -1.73. The standard InChI is InChI=1S/C14H11N.C12H9N/c1-2-10-6-5-8-12-11-7-3-4-9-13(11)15-14(10)12;1-3-7-11-9(5-1)10-6-2-4-8-12(10)13-11/h2-9,15H,1H2;1-8,13H. The summed E-state index contributed by atoms with van der Waals surface area (Å²) in [5, 5.41) is 5.15. The summed E-state index contributed by atoms with van der Waals surface area (Å²) >= 11 is 0. The Labute approximate surface area is 163 Å². The Morgan fingerprint density at radius 3 is 1.54 bits per heavy atom. The number of rotatable bonds is 1. The molecule has 2 aromatic heterocycles. The highest BCUT2D eigenvalue weighted by Crippen LogP contribution is 2.27. The molecule has 2 nitrogen and oxygen atoms in total. The molecule has 0 aliphatic heterocycles. The minimum Gasteiger partial charge on any atom is -0.355 e. The van der Waals surface area contributed by atoms with Crippen molar-refractivity contribution in [3.8, 4) is 0 Å². The van der Waals surface area contributed by atoms with E-state index in [0.717, 1.165) is 5.56 Å². The van der Waals surface area contributed by atoms with Crippen LogP contribution >= 0.6 is 0 Å². The first-order chi connectivity index (χ1) is 13.8. The third kappa shape index (κ3) is 2.67. The molecule has 0 bridgehead atoms. The second-order valence-corrected chi connectivity index (χ2v) is 6.86. The summed E-state index contributed by atoms with van der Waals surface area (Å²) in [5.41, 5.74) is 5.94. The van der Waals surface area contributed by atoms with Gasteiger partial charge in [0.1, 0.15) is 0 Å². The predicted octanol–water partition coefficient (Wildman–Crippen LogP) is 7.29. The highest BCUT2D eigenvalue weighted by atomic mass is 14.7. The molecule has 0 aliphatic carbocycles. The van der Waals surface area contributed by atoms with E-state index in [-0.39, 0.29) is 0 Å². The summed E-state index contributed by atoms with van der Waals surface area (Å²) in [4.78, 5) is 6.80. The molecule has 4 aromatic carbocycles. The van der Waals surface area contributed by atoms with Crippen molar-refractivity contribution in [1.82, 2.24) is 9.97 Å². The summed E-state index contributed by atoms with van der Waals surface area (Å²) in [6.45, 7) is 3.83. The number of aromatic nitrogens is 2. The lowest BCUT2D eigenvalue weighted by atomic mass is 10.1. The van der Waals surface area contributed by atoms with Crippen LogP contribution in [0.15, 0.2) is 97.6 Å². The third-order valence-corrected chi connectivity index (χ3v) is 5.21. The third-order valence-electron chi connectivity index (χ3n) is 5.21. The molecule has 134 valence electrons. The Morgan fingerprint density at radius 2 is 0.964 bits per heavy atom. The Hall–Kier alpha value is -3.78. The number of fused-ring (bicyclic) bond motifs is 6. The molecule has 6 rings (SSSR count). The van der Waals surface area contributed by atoms with Crippen molar-refractivity contribution in [3.05, 3.63) is 103 Å². The van der Waals surface area contributed by atoms with E-state index >= 15 is 0 Å². The van der Waals surface area contributed by atoms with E-state index < -0.39 is 0 Å². The topological polar surface area (TPSA) is 31.6 Å². The van der Waals surface area contributed by atoms with E-state index in [1.54, 1.807) is 0 Å². The number of hydrogen-bond donors (Lipinski definition) is 2. The lowest BCUT2D eigenvalue weighted by molar-refractivity contribution is 1.53. The fourth-order valence-electron chi connectivity index (χ4n) is 3.86. The highest BCUT2D eigenvalue weighted by molar-refractivity contribution is 6.09. The number of hydrogen-bond acceptors (Lipinski definition) is 0. The summed E-state index contributed by atoms with van der Waals surface area (Å²) < 4.78 is 0. The van der Waals surface area contributed by atoms with Crippen molar-refractivity contribution in [1.29, 1.82) is 0 Å². The molecule has 2 N–H and O–H groups in total. The summed E-state index contributed by atoms with van der Waals surface area (Å²) in [5.74, 6) is 0. The maximum absolute atomic E-state index is 3.83. The quantitative estimate of drug-likeness (QED) is 0.309. The molecule has 0 spiro atoms. The van der Waals surface area contributed by atoms with Crippen molar-refractivity contribution < 1.29 is 0 Å². The van der Waals surface area contributed by atoms with Gasteiger partial charge in [-0.25, -0.2) is 0 Å². The number of benzene rings is 4. The second kappa shape index (κ2) is 6.75. The van der Waals surface area contributed by atoms with Crippen LogP contribution < -0.4 is 0 Å². The van der Waals surface area contributed by atoms with Crippen LogP contribution in [0.25, 0.3) is 49.7 Å². The summed E-state index contributed by atoms with van der Waals surface area (Å²) in [7, 11) is 0. The zero-order valence-corrected chi connectivity index (χ0v) is 15.4. The van der Waals surface area contributed by atoms with Crippen molar-refractivity contribution in [2.45, 2.75) is 0 Å². The molecule has 0 saturated carbocycles. The predicted molar refractivity (Wildman–Crippen MR) is 122 cm³/mol. The van der Waals surface area contributed by atoms with Gasteiger partial charge in [-0.05, 0) is 23.8 Å². The van der Waals surface area contributed by atoms with Gasteiger partial charge < -0.3 is 9.97 Å². The average molecular weight is 360 g/mol. The fraction of sp³-hybridized carbons (Fsp3) is 0. The van der Waals surface area contributed by atoms with Crippen LogP contribution in [0.2, 0.25) is 0 Å². The number of para-hydroxylation sites is 4. The summed E-state index contributed by atoms with van der Waals surface area (Å²) in [6.07, 6.45) is 1.89. The van der Waals surface area contributed by atoms with Crippen LogP contribution in [0.3, 0.4) is 0 Å². The summed E-state index contributed by atoms with van der Waals surface area (Å²) in [6, 6.07) is 31.4. The minimum absolute atomic E-state index is 1.16.